The van der Waals surface area contributed by atoms with Crippen molar-refractivity contribution < 1.29 is 0 Å². The van der Waals surface area contributed by atoms with Gasteiger partial charge in [-0.05, 0) is 23.3 Å². The van der Waals surface area contributed by atoms with E-state index >= 15 is 0 Å². The highest BCUT2D eigenvalue weighted by Gasteiger charge is 2.23. The fourth-order valence-electron chi connectivity index (χ4n) is 3.84. The van der Waals surface area contributed by atoms with Crippen molar-refractivity contribution in [3.63, 3.8) is 0 Å². The molecule has 5 rings (SSSR count). The second-order valence-corrected chi connectivity index (χ2v) is 7.48. The molecule has 1 aliphatic heterocycles. The summed E-state index contributed by atoms with van der Waals surface area (Å²) in [7, 11) is 0. The average Bonchev–Trinajstić information content (AvgIpc) is 3.11. The molecule has 29 heavy (non-hydrogen) atoms. The zero-order chi connectivity index (χ0) is 19.8. The van der Waals surface area contributed by atoms with Crippen molar-refractivity contribution in [2.24, 2.45) is 0 Å². The van der Waals surface area contributed by atoms with Gasteiger partial charge < -0.3 is 20.5 Å². The van der Waals surface area contributed by atoms with Gasteiger partial charge in [0.1, 0.15) is 5.52 Å². The molecule has 0 atom stereocenters. The predicted octanol–water partition coefficient (Wildman–Crippen LogP) is 3.62. The third kappa shape index (κ3) is 3.34. The van der Waals surface area contributed by atoms with E-state index in [1.807, 2.05) is 18.2 Å². The Balaban J connectivity index is 1.52. The van der Waals surface area contributed by atoms with Gasteiger partial charge in [-0.15, -0.1) is 0 Å². The number of hydrogen-bond donors (Lipinski definition) is 2. The zero-order valence-corrected chi connectivity index (χ0v) is 16.5. The van der Waals surface area contributed by atoms with Crippen LogP contribution in [-0.4, -0.2) is 33.0 Å². The molecule has 0 aliphatic carbocycles. The number of aromatic nitrogens is 4. The molecule has 3 heterocycles. The lowest BCUT2D eigenvalue weighted by Crippen LogP contribution is -2.32. The molecule has 0 amide bonds. The molecule has 0 bridgehead atoms. The lowest BCUT2D eigenvalue weighted by molar-refractivity contribution is 0.751. The molecule has 4 aromatic rings. The van der Waals surface area contributed by atoms with E-state index in [9.17, 15) is 0 Å². The van der Waals surface area contributed by atoms with Crippen LogP contribution in [0.5, 0.6) is 0 Å². The molecule has 0 fully saturated rings. The molecule has 0 saturated heterocycles. The van der Waals surface area contributed by atoms with E-state index in [0.717, 1.165) is 48.1 Å². The second-order valence-electron chi connectivity index (χ2n) is 7.07. The zero-order valence-electron chi connectivity index (χ0n) is 15.7. The number of H-pyrrole nitrogens is 1. The largest absolute Gasteiger partial charge is 0.368 e. The summed E-state index contributed by atoms with van der Waals surface area (Å²) in [4.78, 5) is 20.7. The van der Waals surface area contributed by atoms with Crippen molar-refractivity contribution in [2.75, 3.05) is 28.6 Å². The standard InChI is InChI=1S/C21H20ClN7/c22-16-7-3-1-5-14(16)11-28-9-10-29(12-15-6-2-4-8-17(15)28)20-18-19(25-13-24-18)26-21(23)27-20/h1-8,13H,9-12H2,(H3,23,24,25,26,27). The molecule has 0 radical (unpaired) electrons. The van der Waals surface area contributed by atoms with Gasteiger partial charge in [-0.3, -0.25) is 0 Å². The van der Waals surface area contributed by atoms with Crippen LogP contribution in [0.2, 0.25) is 5.02 Å². The maximum atomic E-state index is 6.43. The van der Waals surface area contributed by atoms with Crippen LogP contribution in [0, 0.1) is 0 Å². The monoisotopic (exact) mass is 405 g/mol. The number of fused-ring (bicyclic) bond motifs is 2. The van der Waals surface area contributed by atoms with Crippen LogP contribution >= 0.6 is 11.6 Å². The van der Waals surface area contributed by atoms with Crippen LogP contribution < -0.4 is 15.5 Å². The first-order valence-corrected chi connectivity index (χ1v) is 9.84. The summed E-state index contributed by atoms with van der Waals surface area (Å²) >= 11 is 6.43. The molecule has 0 unspecified atom stereocenters. The molecule has 7 nitrogen and oxygen atoms in total. The Labute approximate surface area is 173 Å². The van der Waals surface area contributed by atoms with E-state index in [4.69, 9.17) is 17.3 Å². The minimum Gasteiger partial charge on any atom is -0.368 e. The second kappa shape index (κ2) is 7.25. The van der Waals surface area contributed by atoms with Gasteiger partial charge in [-0.25, -0.2) is 4.98 Å². The van der Waals surface area contributed by atoms with E-state index < -0.39 is 0 Å². The lowest BCUT2D eigenvalue weighted by Gasteiger charge is -2.25. The van der Waals surface area contributed by atoms with Crippen LogP contribution in [0.4, 0.5) is 17.5 Å². The molecular formula is C21H20ClN7. The van der Waals surface area contributed by atoms with Gasteiger partial charge in [0, 0.05) is 36.9 Å². The number of nitrogens with zero attached hydrogens (tertiary/aromatic N) is 5. The Morgan fingerprint density at radius 1 is 1.03 bits per heavy atom. The Bertz CT molecular complexity index is 1170. The SMILES string of the molecule is Nc1nc(N2CCN(Cc3ccccc3Cl)c3ccccc3C2)c2[nH]cnc2n1. The first-order valence-electron chi connectivity index (χ1n) is 9.47. The summed E-state index contributed by atoms with van der Waals surface area (Å²) in [6.07, 6.45) is 1.62. The maximum absolute atomic E-state index is 6.43. The Kier molecular flexibility index (Phi) is 4.44. The van der Waals surface area contributed by atoms with Crippen molar-refractivity contribution in [1.29, 1.82) is 0 Å². The minimum absolute atomic E-state index is 0.227. The quantitative estimate of drug-likeness (QED) is 0.541. The van der Waals surface area contributed by atoms with Crippen molar-refractivity contribution in [3.05, 3.63) is 71.0 Å². The number of imidazole rings is 1. The number of halogens is 1. The number of nitrogens with two attached hydrogens (primary N) is 1. The van der Waals surface area contributed by atoms with E-state index in [0.29, 0.717) is 5.65 Å². The molecule has 0 spiro atoms. The molecule has 1 aliphatic rings. The normalized spacial score (nSPS) is 14.1. The van der Waals surface area contributed by atoms with Crippen LogP contribution in [0.25, 0.3) is 11.2 Å². The van der Waals surface area contributed by atoms with E-state index in [1.54, 1.807) is 6.33 Å². The summed E-state index contributed by atoms with van der Waals surface area (Å²) in [5.41, 5.74) is 10.9. The number of anilines is 3. The van der Waals surface area contributed by atoms with Crippen LogP contribution in [0.3, 0.4) is 0 Å². The summed E-state index contributed by atoms with van der Waals surface area (Å²) in [6.45, 7) is 3.07. The average molecular weight is 406 g/mol. The van der Waals surface area contributed by atoms with Crippen molar-refractivity contribution in [2.45, 2.75) is 13.1 Å². The first-order chi connectivity index (χ1) is 14.2. The molecule has 0 saturated carbocycles. The van der Waals surface area contributed by atoms with Gasteiger partial charge in [0.2, 0.25) is 5.95 Å². The predicted molar refractivity (Wildman–Crippen MR) is 116 cm³/mol. The third-order valence-electron chi connectivity index (χ3n) is 5.24. The van der Waals surface area contributed by atoms with Gasteiger partial charge in [0.05, 0.1) is 6.33 Å². The van der Waals surface area contributed by atoms with Crippen LogP contribution in [-0.2, 0) is 13.1 Å². The fourth-order valence-corrected chi connectivity index (χ4v) is 4.04. The number of aromatic amines is 1. The minimum atomic E-state index is 0.227. The Hall–Kier alpha value is -3.32. The van der Waals surface area contributed by atoms with E-state index in [2.05, 4.69) is 60.1 Å². The molecule has 8 heteroatoms. The Morgan fingerprint density at radius 3 is 2.76 bits per heavy atom. The lowest BCUT2D eigenvalue weighted by atomic mass is 10.1. The topological polar surface area (TPSA) is 87.0 Å². The fraction of sp³-hybridized carbons (Fsp3) is 0.190. The van der Waals surface area contributed by atoms with Crippen LogP contribution in [0.15, 0.2) is 54.9 Å². The number of nitrogens with one attached hydrogen (secondary N) is 1. The summed E-state index contributed by atoms with van der Waals surface area (Å²) in [5, 5.41) is 0.786. The molecule has 2 aromatic carbocycles. The first kappa shape index (κ1) is 17.8. The highest BCUT2D eigenvalue weighted by molar-refractivity contribution is 6.31. The van der Waals surface area contributed by atoms with Gasteiger partial charge in [0.15, 0.2) is 11.5 Å². The number of nitrogen functional groups attached to an aromatic ring is 1. The van der Waals surface area contributed by atoms with E-state index in [-0.39, 0.29) is 5.95 Å². The molecule has 146 valence electrons. The van der Waals surface area contributed by atoms with E-state index in [1.165, 1.54) is 11.3 Å². The molecular weight excluding hydrogens is 386 g/mol. The van der Waals surface area contributed by atoms with Crippen molar-refractivity contribution >= 4 is 40.2 Å². The third-order valence-corrected chi connectivity index (χ3v) is 5.60. The summed E-state index contributed by atoms with van der Waals surface area (Å²) in [6, 6.07) is 16.4. The highest BCUT2D eigenvalue weighted by atomic mass is 35.5. The smallest absolute Gasteiger partial charge is 0.224 e. The van der Waals surface area contributed by atoms with Gasteiger partial charge >= 0.3 is 0 Å². The Morgan fingerprint density at radius 2 is 1.86 bits per heavy atom. The van der Waals surface area contributed by atoms with Crippen molar-refractivity contribution in [1.82, 2.24) is 19.9 Å². The maximum Gasteiger partial charge on any atom is 0.224 e. The van der Waals surface area contributed by atoms with Crippen molar-refractivity contribution in [3.8, 4) is 0 Å². The summed E-state index contributed by atoms with van der Waals surface area (Å²) < 4.78 is 0. The highest BCUT2D eigenvalue weighted by Crippen LogP contribution is 2.31. The van der Waals surface area contributed by atoms with Gasteiger partial charge in [0.25, 0.3) is 0 Å². The summed E-state index contributed by atoms with van der Waals surface area (Å²) in [5.74, 6) is 1.00. The number of para-hydroxylation sites is 1. The number of hydrogen-bond acceptors (Lipinski definition) is 6. The number of rotatable bonds is 3. The van der Waals surface area contributed by atoms with Crippen LogP contribution in [0.1, 0.15) is 11.1 Å². The molecule has 3 N–H and O–H groups in total. The molecule has 2 aromatic heterocycles. The van der Waals surface area contributed by atoms with Gasteiger partial charge in [-0.2, -0.15) is 9.97 Å². The number of benzene rings is 2. The van der Waals surface area contributed by atoms with Gasteiger partial charge in [-0.1, -0.05) is 48.0 Å².